The molecule has 0 atom stereocenters. The molecule has 0 saturated heterocycles. The first-order valence-corrected chi connectivity index (χ1v) is 8.40. The van der Waals surface area contributed by atoms with E-state index in [0.717, 1.165) is 47.6 Å². The van der Waals surface area contributed by atoms with E-state index in [4.69, 9.17) is 0 Å². The number of halogens is 3. The molecule has 0 aliphatic rings. The average Bonchev–Trinajstić information content (AvgIpc) is 2.66. The van der Waals surface area contributed by atoms with Gasteiger partial charge in [-0.1, -0.05) is 42.5 Å². The van der Waals surface area contributed by atoms with Crippen molar-refractivity contribution in [3.8, 4) is 16.9 Å². The van der Waals surface area contributed by atoms with E-state index in [1.54, 1.807) is 6.07 Å². The number of alkyl halides is 2. The van der Waals surface area contributed by atoms with Crippen molar-refractivity contribution in [2.24, 2.45) is 0 Å². The molecule has 0 N–H and O–H groups in total. The third-order valence-corrected chi connectivity index (χ3v) is 4.34. The summed E-state index contributed by atoms with van der Waals surface area (Å²) in [6.45, 7) is 0.607. The molecule has 2 nitrogen and oxygen atoms in total. The number of carbonyl (C=O) groups is 1. The molecule has 0 aliphatic heterocycles. The van der Waals surface area contributed by atoms with Crippen LogP contribution in [0, 0.1) is 5.82 Å². The van der Waals surface area contributed by atoms with Gasteiger partial charge in [0, 0.05) is 5.56 Å². The zero-order chi connectivity index (χ0) is 19.4. The molecule has 0 fully saturated rings. The predicted molar refractivity (Wildman–Crippen MR) is 99.9 cm³/mol. The van der Waals surface area contributed by atoms with Crippen molar-refractivity contribution >= 4 is 17.1 Å². The smallest absolute Gasteiger partial charge is 0.387 e. The minimum atomic E-state index is -3.10. The Balaban J connectivity index is 2.05. The van der Waals surface area contributed by atoms with Gasteiger partial charge in [-0.25, -0.2) is 4.39 Å². The maximum atomic E-state index is 14.1. The zero-order valence-electron chi connectivity index (χ0n) is 14.4. The Morgan fingerprint density at radius 1 is 1.07 bits per heavy atom. The lowest BCUT2D eigenvalue weighted by molar-refractivity contribution is -0.0521. The molecule has 3 aromatic carbocycles. The van der Waals surface area contributed by atoms with Gasteiger partial charge in [-0.2, -0.15) is 8.78 Å². The molecule has 0 aromatic heterocycles. The van der Waals surface area contributed by atoms with Gasteiger partial charge in [0.1, 0.15) is 0 Å². The van der Waals surface area contributed by atoms with E-state index in [2.05, 4.69) is 11.3 Å². The summed E-state index contributed by atoms with van der Waals surface area (Å²) in [7, 11) is 0. The van der Waals surface area contributed by atoms with Crippen LogP contribution in [-0.2, 0) is 6.42 Å². The lowest BCUT2D eigenvalue weighted by Crippen LogP contribution is -2.03. The molecular formula is C22H17F3O2. The second kappa shape index (κ2) is 8.08. The number of fused-ring (bicyclic) bond motifs is 1. The largest absolute Gasteiger partial charge is 0.432 e. The van der Waals surface area contributed by atoms with Gasteiger partial charge in [0.2, 0.25) is 0 Å². The van der Waals surface area contributed by atoms with E-state index in [-0.39, 0.29) is 0 Å². The van der Waals surface area contributed by atoms with E-state index < -0.39 is 18.2 Å². The standard InChI is InChI=1S/C22H17F3O2/c1-2-3-4-14-5-8-17-15(11-14)6-9-18(19(17)13-26)16-7-10-21(20(23)12-16)27-22(24)25/h2,5-13,22H,1,3-4H2. The van der Waals surface area contributed by atoms with Crippen LogP contribution in [0.5, 0.6) is 5.75 Å². The summed E-state index contributed by atoms with van der Waals surface area (Å²) in [5.41, 5.74) is 2.49. The van der Waals surface area contributed by atoms with E-state index in [0.29, 0.717) is 16.7 Å². The Morgan fingerprint density at radius 3 is 2.56 bits per heavy atom. The van der Waals surface area contributed by atoms with Gasteiger partial charge < -0.3 is 4.74 Å². The van der Waals surface area contributed by atoms with Gasteiger partial charge in [0.05, 0.1) is 0 Å². The highest BCUT2D eigenvalue weighted by atomic mass is 19.3. The number of aldehydes is 1. The summed E-state index contributed by atoms with van der Waals surface area (Å²) < 4.78 is 42.8. The highest BCUT2D eigenvalue weighted by molar-refractivity contribution is 6.04. The molecule has 0 radical (unpaired) electrons. The molecule has 27 heavy (non-hydrogen) atoms. The normalized spacial score (nSPS) is 11.0. The first-order chi connectivity index (χ1) is 13.0. The Labute approximate surface area is 154 Å². The SMILES string of the molecule is C=CCCc1ccc2c(C=O)c(-c3ccc(OC(F)F)c(F)c3)ccc2c1. The maximum Gasteiger partial charge on any atom is 0.387 e. The number of rotatable bonds is 7. The number of ether oxygens (including phenoxy) is 1. The van der Waals surface area contributed by atoms with Crippen LogP contribution in [0.1, 0.15) is 22.3 Å². The average molecular weight is 370 g/mol. The molecule has 138 valence electrons. The van der Waals surface area contributed by atoms with Crippen LogP contribution in [0.4, 0.5) is 13.2 Å². The molecule has 5 heteroatoms. The first-order valence-electron chi connectivity index (χ1n) is 8.40. The predicted octanol–water partition coefficient (Wildman–Crippen LogP) is 6.18. The summed E-state index contributed by atoms with van der Waals surface area (Å²) in [5, 5.41) is 1.65. The fourth-order valence-electron chi connectivity index (χ4n) is 3.07. The molecule has 3 aromatic rings. The molecule has 3 rings (SSSR count). The molecule has 0 aliphatic carbocycles. The van der Waals surface area contributed by atoms with Gasteiger partial charge in [0.15, 0.2) is 17.9 Å². The molecule has 0 unspecified atom stereocenters. The number of hydrogen-bond donors (Lipinski definition) is 0. The molecule has 0 amide bonds. The van der Waals surface area contributed by atoms with Gasteiger partial charge in [-0.15, -0.1) is 6.58 Å². The summed E-state index contributed by atoms with van der Waals surface area (Å²) in [6.07, 6.45) is 4.29. The Bertz CT molecular complexity index is 996. The van der Waals surface area contributed by atoms with Gasteiger partial charge >= 0.3 is 6.61 Å². The van der Waals surface area contributed by atoms with Crippen LogP contribution in [0.25, 0.3) is 21.9 Å². The van der Waals surface area contributed by atoms with Crippen molar-refractivity contribution in [3.63, 3.8) is 0 Å². The van der Waals surface area contributed by atoms with Crippen molar-refractivity contribution in [2.75, 3.05) is 0 Å². The van der Waals surface area contributed by atoms with Crippen LogP contribution >= 0.6 is 0 Å². The Kier molecular flexibility index (Phi) is 5.60. The fraction of sp³-hybridized carbons (Fsp3) is 0.136. The topological polar surface area (TPSA) is 26.3 Å². The summed E-state index contributed by atoms with van der Waals surface area (Å²) in [5.74, 6) is -1.45. The minimum Gasteiger partial charge on any atom is -0.432 e. The van der Waals surface area contributed by atoms with Crippen molar-refractivity contribution in [1.29, 1.82) is 0 Å². The van der Waals surface area contributed by atoms with Crippen LogP contribution < -0.4 is 4.74 Å². The quantitative estimate of drug-likeness (QED) is 0.367. The summed E-state index contributed by atoms with van der Waals surface area (Å²) >= 11 is 0. The van der Waals surface area contributed by atoms with E-state index in [9.17, 15) is 18.0 Å². The lowest BCUT2D eigenvalue weighted by atomic mass is 9.93. The van der Waals surface area contributed by atoms with Crippen molar-refractivity contribution in [3.05, 3.63) is 78.1 Å². The second-order valence-electron chi connectivity index (χ2n) is 6.05. The van der Waals surface area contributed by atoms with Crippen molar-refractivity contribution in [2.45, 2.75) is 19.5 Å². The number of allylic oxidation sites excluding steroid dienone is 1. The Hall–Kier alpha value is -3.08. The zero-order valence-corrected chi connectivity index (χ0v) is 14.4. The first kappa shape index (κ1) is 18.7. The molecule has 0 saturated carbocycles. The van der Waals surface area contributed by atoms with Gasteiger partial charge in [0.25, 0.3) is 0 Å². The third-order valence-electron chi connectivity index (χ3n) is 4.34. The number of benzene rings is 3. The van der Waals surface area contributed by atoms with E-state index in [1.165, 1.54) is 6.07 Å². The van der Waals surface area contributed by atoms with Crippen molar-refractivity contribution in [1.82, 2.24) is 0 Å². The van der Waals surface area contributed by atoms with Crippen LogP contribution in [-0.4, -0.2) is 12.9 Å². The molecule has 0 bridgehead atoms. The van der Waals surface area contributed by atoms with Crippen LogP contribution in [0.15, 0.2) is 61.2 Å². The van der Waals surface area contributed by atoms with Gasteiger partial charge in [-0.3, -0.25) is 4.79 Å². The van der Waals surface area contributed by atoms with E-state index >= 15 is 0 Å². The van der Waals surface area contributed by atoms with Gasteiger partial charge in [-0.05, 0) is 52.4 Å². The third kappa shape index (κ3) is 4.03. The molecule has 0 spiro atoms. The highest BCUT2D eigenvalue weighted by Crippen LogP contribution is 2.32. The molecule has 0 heterocycles. The lowest BCUT2D eigenvalue weighted by Gasteiger charge is -2.12. The fourth-order valence-corrected chi connectivity index (χ4v) is 3.07. The maximum absolute atomic E-state index is 14.1. The second-order valence-corrected chi connectivity index (χ2v) is 6.05. The van der Waals surface area contributed by atoms with Crippen molar-refractivity contribution < 1.29 is 22.7 Å². The van der Waals surface area contributed by atoms with Crippen LogP contribution in [0.2, 0.25) is 0 Å². The van der Waals surface area contributed by atoms with E-state index in [1.807, 2.05) is 30.3 Å². The monoisotopic (exact) mass is 370 g/mol. The highest BCUT2D eigenvalue weighted by Gasteiger charge is 2.14. The summed E-state index contributed by atoms with van der Waals surface area (Å²) in [6, 6.07) is 13.1. The number of aryl methyl sites for hydroxylation is 1. The Morgan fingerprint density at radius 2 is 1.89 bits per heavy atom. The molecular weight excluding hydrogens is 353 g/mol. The number of hydrogen-bond acceptors (Lipinski definition) is 2. The summed E-state index contributed by atoms with van der Waals surface area (Å²) in [4.78, 5) is 11.7. The number of carbonyl (C=O) groups excluding carboxylic acids is 1. The van der Waals surface area contributed by atoms with Crippen LogP contribution in [0.3, 0.4) is 0 Å². The minimum absolute atomic E-state index is 0.411.